The highest BCUT2D eigenvalue weighted by Gasteiger charge is 2.38. The smallest absolute Gasteiger partial charge is 0.342 e. The summed E-state index contributed by atoms with van der Waals surface area (Å²) < 4.78 is 48.4. The maximum atomic E-state index is 13.2. The van der Waals surface area contributed by atoms with Crippen LogP contribution >= 0.6 is 0 Å². The minimum Gasteiger partial charge on any atom is -0.465 e. The van der Waals surface area contributed by atoms with E-state index in [0.717, 1.165) is 0 Å². The molecule has 0 spiro atoms. The number of carbonyl (C=O) groups excluding carboxylic acids is 2. The Morgan fingerprint density at radius 3 is 2.30 bits per heavy atom. The van der Waals surface area contributed by atoms with Crippen molar-refractivity contribution in [1.82, 2.24) is 9.21 Å². The molecule has 0 saturated carbocycles. The van der Waals surface area contributed by atoms with Gasteiger partial charge in [0.05, 0.1) is 20.3 Å². The van der Waals surface area contributed by atoms with Crippen LogP contribution in [0.4, 0.5) is 0 Å². The van der Waals surface area contributed by atoms with Gasteiger partial charge < -0.3 is 23.5 Å². The number of esters is 1. The van der Waals surface area contributed by atoms with Crippen LogP contribution in [0.1, 0.15) is 35.7 Å². The SMILES string of the molecule is CCOCCOC(C)C(=O)N1CCN(S(=O)(=O)c2c(C)oc(C)c2C(=O)OC)CC1. The Morgan fingerprint density at radius 1 is 1.10 bits per heavy atom. The number of furan rings is 1. The third-order valence-corrected chi connectivity index (χ3v) is 6.94. The second kappa shape index (κ2) is 10.4. The van der Waals surface area contributed by atoms with Gasteiger partial charge in [0.25, 0.3) is 5.91 Å². The van der Waals surface area contributed by atoms with Gasteiger partial charge in [0.2, 0.25) is 10.0 Å². The fourth-order valence-electron chi connectivity index (χ4n) is 3.35. The van der Waals surface area contributed by atoms with Crippen molar-refractivity contribution in [2.24, 2.45) is 0 Å². The summed E-state index contributed by atoms with van der Waals surface area (Å²) >= 11 is 0. The van der Waals surface area contributed by atoms with Crippen LogP contribution in [0, 0.1) is 13.8 Å². The van der Waals surface area contributed by atoms with Gasteiger partial charge >= 0.3 is 5.97 Å². The van der Waals surface area contributed by atoms with Crippen LogP contribution in [0.25, 0.3) is 0 Å². The first-order valence-corrected chi connectivity index (χ1v) is 11.3. The van der Waals surface area contributed by atoms with Crippen molar-refractivity contribution in [3.8, 4) is 0 Å². The van der Waals surface area contributed by atoms with E-state index in [9.17, 15) is 18.0 Å². The number of piperazine rings is 1. The largest absolute Gasteiger partial charge is 0.465 e. The van der Waals surface area contributed by atoms with E-state index < -0.39 is 22.1 Å². The lowest BCUT2D eigenvalue weighted by molar-refractivity contribution is -0.144. The van der Waals surface area contributed by atoms with Crippen LogP contribution < -0.4 is 0 Å². The molecule has 1 aromatic rings. The van der Waals surface area contributed by atoms with E-state index in [1.807, 2.05) is 6.92 Å². The first kappa shape index (κ1) is 24.3. The van der Waals surface area contributed by atoms with Crippen molar-refractivity contribution in [2.75, 3.05) is 53.1 Å². The predicted octanol–water partition coefficient (Wildman–Crippen LogP) is 0.958. The molecule has 0 aromatic carbocycles. The van der Waals surface area contributed by atoms with E-state index in [-0.39, 0.29) is 54.1 Å². The van der Waals surface area contributed by atoms with Gasteiger partial charge in [-0.05, 0) is 27.7 Å². The van der Waals surface area contributed by atoms with Crippen LogP contribution in [0.5, 0.6) is 0 Å². The molecule has 1 atom stereocenters. The number of amides is 1. The molecule has 1 amide bonds. The third-order valence-electron chi connectivity index (χ3n) is 4.89. The average molecular weight is 447 g/mol. The Bertz CT molecular complexity index is 856. The van der Waals surface area contributed by atoms with Gasteiger partial charge in [-0.15, -0.1) is 0 Å². The predicted molar refractivity (Wildman–Crippen MR) is 107 cm³/mol. The van der Waals surface area contributed by atoms with Crippen LogP contribution in [0.2, 0.25) is 0 Å². The molecule has 2 heterocycles. The van der Waals surface area contributed by atoms with Crippen LogP contribution in [0.3, 0.4) is 0 Å². The normalized spacial score (nSPS) is 16.5. The molecule has 1 aromatic heterocycles. The molecule has 0 radical (unpaired) electrons. The first-order chi connectivity index (χ1) is 14.1. The second-order valence-corrected chi connectivity index (χ2v) is 8.72. The molecule has 170 valence electrons. The second-order valence-electron chi connectivity index (χ2n) is 6.85. The maximum Gasteiger partial charge on any atom is 0.342 e. The highest BCUT2D eigenvalue weighted by atomic mass is 32.2. The number of sulfonamides is 1. The van der Waals surface area contributed by atoms with Gasteiger partial charge in [-0.2, -0.15) is 4.31 Å². The van der Waals surface area contributed by atoms with E-state index in [1.54, 1.807) is 11.8 Å². The van der Waals surface area contributed by atoms with Crippen LogP contribution in [-0.4, -0.2) is 88.7 Å². The molecule has 1 aliphatic heterocycles. The first-order valence-electron chi connectivity index (χ1n) is 9.81. The fourth-order valence-corrected chi connectivity index (χ4v) is 5.14. The standard InChI is InChI=1S/C19H30N2O8S/c1-6-27-11-12-28-15(4)18(22)20-7-9-21(10-8-20)30(24,25)17-14(3)29-13(2)16(17)19(23)26-5/h15H,6-12H2,1-5H3. The van der Waals surface area contributed by atoms with E-state index in [1.165, 1.54) is 25.3 Å². The van der Waals surface area contributed by atoms with Gasteiger partial charge in [0.1, 0.15) is 28.1 Å². The Kier molecular flexibility index (Phi) is 8.42. The highest BCUT2D eigenvalue weighted by Crippen LogP contribution is 2.30. The molecule has 1 unspecified atom stereocenters. The number of hydrogen-bond donors (Lipinski definition) is 0. The van der Waals surface area contributed by atoms with E-state index in [0.29, 0.717) is 19.8 Å². The van der Waals surface area contributed by atoms with Crippen molar-refractivity contribution in [3.05, 3.63) is 17.1 Å². The molecular formula is C19H30N2O8S. The van der Waals surface area contributed by atoms with E-state index >= 15 is 0 Å². The molecule has 2 rings (SSSR count). The molecule has 30 heavy (non-hydrogen) atoms. The minimum absolute atomic E-state index is 0.0928. The summed E-state index contributed by atoms with van der Waals surface area (Å²) in [5, 5.41) is 0. The molecule has 1 aliphatic rings. The van der Waals surface area contributed by atoms with Crippen molar-refractivity contribution >= 4 is 21.9 Å². The molecule has 10 nitrogen and oxygen atoms in total. The summed E-state index contributed by atoms with van der Waals surface area (Å²) in [6.45, 7) is 8.50. The highest BCUT2D eigenvalue weighted by molar-refractivity contribution is 7.89. The van der Waals surface area contributed by atoms with Crippen molar-refractivity contribution in [1.29, 1.82) is 0 Å². The Labute approximate surface area is 177 Å². The van der Waals surface area contributed by atoms with Crippen LogP contribution in [0.15, 0.2) is 9.31 Å². The molecule has 0 aliphatic carbocycles. The van der Waals surface area contributed by atoms with E-state index in [4.69, 9.17) is 18.6 Å². The van der Waals surface area contributed by atoms with Gasteiger partial charge in [-0.1, -0.05) is 0 Å². The number of hydrogen-bond acceptors (Lipinski definition) is 8. The molecule has 1 fully saturated rings. The third kappa shape index (κ3) is 5.20. The molecule has 0 bridgehead atoms. The molecule has 11 heteroatoms. The zero-order chi connectivity index (χ0) is 22.5. The Morgan fingerprint density at radius 2 is 1.73 bits per heavy atom. The summed E-state index contributed by atoms with van der Waals surface area (Å²) in [5.41, 5.74) is -0.0928. The average Bonchev–Trinajstić information content (AvgIpc) is 3.04. The monoisotopic (exact) mass is 446 g/mol. The number of aryl methyl sites for hydroxylation is 2. The minimum atomic E-state index is -3.99. The lowest BCUT2D eigenvalue weighted by Crippen LogP contribution is -2.53. The van der Waals surface area contributed by atoms with Gasteiger partial charge in [0, 0.05) is 32.8 Å². The number of carbonyl (C=O) groups is 2. The summed E-state index contributed by atoms with van der Waals surface area (Å²) in [7, 11) is -2.81. The quantitative estimate of drug-likeness (QED) is 0.407. The summed E-state index contributed by atoms with van der Waals surface area (Å²) in [6.07, 6.45) is -0.640. The number of methoxy groups -OCH3 is 1. The summed E-state index contributed by atoms with van der Waals surface area (Å²) in [6, 6.07) is 0. The number of nitrogens with zero attached hydrogens (tertiary/aromatic N) is 2. The van der Waals surface area contributed by atoms with Crippen molar-refractivity contribution in [3.63, 3.8) is 0 Å². The van der Waals surface area contributed by atoms with Crippen molar-refractivity contribution in [2.45, 2.75) is 38.7 Å². The maximum absolute atomic E-state index is 13.2. The molecule has 1 saturated heterocycles. The number of ether oxygens (including phenoxy) is 3. The topological polar surface area (TPSA) is 116 Å². The lowest BCUT2D eigenvalue weighted by atomic mass is 10.2. The van der Waals surface area contributed by atoms with Gasteiger partial charge in [0.15, 0.2) is 0 Å². The van der Waals surface area contributed by atoms with Crippen molar-refractivity contribution < 1.29 is 36.6 Å². The fraction of sp³-hybridized carbons (Fsp3) is 0.684. The van der Waals surface area contributed by atoms with E-state index in [2.05, 4.69) is 0 Å². The summed E-state index contributed by atoms with van der Waals surface area (Å²) in [4.78, 5) is 26.0. The molecule has 0 N–H and O–H groups in total. The van der Waals surface area contributed by atoms with Crippen LogP contribution in [-0.2, 0) is 29.0 Å². The summed E-state index contributed by atoms with van der Waals surface area (Å²) in [5.74, 6) is -0.656. The molecular weight excluding hydrogens is 416 g/mol. The number of rotatable bonds is 9. The van der Waals surface area contributed by atoms with Gasteiger partial charge in [-0.25, -0.2) is 13.2 Å². The Balaban J connectivity index is 2.06. The zero-order valence-electron chi connectivity index (χ0n) is 18.1. The lowest BCUT2D eigenvalue weighted by Gasteiger charge is -2.35. The Hall–Kier alpha value is -1.95. The zero-order valence-corrected chi connectivity index (χ0v) is 18.9. The van der Waals surface area contributed by atoms with Gasteiger partial charge in [-0.3, -0.25) is 4.79 Å².